The molecule has 0 spiro atoms. The molecule has 0 saturated carbocycles. The lowest BCUT2D eigenvalue weighted by Gasteiger charge is -2.31. The summed E-state index contributed by atoms with van der Waals surface area (Å²) in [6.07, 6.45) is 3.69. The second-order valence-electron chi connectivity index (χ2n) is 8.35. The van der Waals surface area contributed by atoms with E-state index in [1.165, 1.54) is 11.6 Å². The molecule has 1 aliphatic heterocycles. The number of aryl methyl sites for hydroxylation is 1. The van der Waals surface area contributed by atoms with E-state index >= 15 is 0 Å². The summed E-state index contributed by atoms with van der Waals surface area (Å²) >= 11 is 0. The summed E-state index contributed by atoms with van der Waals surface area (Å²) in [6.45, 7) is 7.00. The van der Waals surface area contributed by atoms with Gasteiger partial charge in [0.1, 0.15) is 11.6 Å². The molecule has 2 aromatic rings. The fraction of sp³-hybridized carbons (Fsp3) is 0.480. The number of hydrogen-bond acceptors (Lipinski definition) is 3. The highest BCUT2D eigenvalue weighted by Crippen LogP contribution is 2.20. The third kappa shape index (κ3) is 6.84. The van der Waals surface area contributed by atoms with Crippen molar-refractivity contribution < 1.29 is 13.9 Å². The number of nitrogens with zero attached hydrogens (tertiary/aromatic N) is 1. The quantitative estimate of drug-likeness (QED) is 0.613. The minimum Gasteiger partial charge on any atom is -0.491 e. The minimum absolute atomic E-state index is 0.0642. The number of carbonyl (C=O) groups is 1. The summed E-state index contributed by atoms with van der Waals surface area (Å²) < 4.78 is 19.5. The van der Waals surface area contributed by atoms with Crippen molar-refractivity contribution in [1.29, 1.82) is 0 Å². The monoisotopic (exact) mass is 412 g/mol. The van der Waals surface area contributed by atoms with Crippen LogP contribution in [0, 0.1) is 11.7 Å². The number of likely N-dealkylation sites (tertiary alicyclic amines) is 1. The molecule has 1 heterocycles. The Morgan fingerprint density at radius 1 is 1.13 bits per heavy atom. The van der Waals surface area contributed by atoms with Crippen LogP contribution in [0.3, 0.4) is 0 Å². The highest BCUT2D eigenvalue weighted by molar-refractivity contribution is 5.78. The second-order valence-corrected chi connectivity index (χ2v) is 8.35. The lowest BCUT2D eigenvalue weighted by molar-refractivity contribution is -0.126. The zero-order chi connectivity index (χ0) is 21.3. The normalized spacial score (nSPS) is 15.3. The molecule has 162 valence electrons. The van der Waals surface area contributed by atoms with Crippen LogP contribution in [0.15, 0.2) is 48.5 Å². The number of piperidine rings is 1. The van der Waals surface area contributed by atoms with E-state index in [-0.39, 0.29) is 23.7 Å². The van der Waals surface area contributed by atoms with Gasteiger partial charge in [-0.05, 0) is 76.4 Å². The summed E-state index contributed by atoms with van der Waals surface area (Å²) in [6, 6.07) is 15.1. The Morgan fingerprint density at radius 3 is 2.50 bits per heavy atom. The van der Waals surface area contributed by atoms with Crippen molar-refractivity contribution in [3.05, 3.63) is 65.5 Å². The fourth-order valence-corrected chi connectivity index (χ4v) is 3.88. The van der Waals surface area contributed by atoms with Gasteiger partial charge in [-0.3, -0.25) is 9.69 Å². The van der Waals surface area contributed by atoms with Gasteiger partial charge in [-0.2, -0.15) is 0 Å². The van der Waals surface area contributed by atoms with E-state index in [1.807, 2.05) is 38.1 Å². The number of carbonyl (C=O) groups excluding carboxylic acids is 1. The maximum Gasteiger partial charge on any atom is 0.223 e. The average Bonchev–Trinajstić information content (AvgIpc) is 2.74. The first-order valence-corrected chi connectivity index (χ1v) is 11.0. The molecule has 1 N–H and O–H groups in total. The zero-order valence-corrected chi connectivity index (χ0v) is 18.1. The molecule has 1 fully saturated rings. The van der Waals surface area contributed by atoms with Crippen molar-refractivity contribution in [3.63, 3.8) is 0 Å². The Kier molecular flexibility index (Phi) is 8.26. The topological polar surface area (TPSA) is 41.6 Å². The van der Waals surface area contributed by atoms with Gasteiger partial charge in [0.2, 0.25) is 5.91 Å². The largest absolute Gasteiger partial charge is 0.491 e. The Balaban J connectivity index is 1.32. The van der Waals surface area contributed by atoms with Crippen LogP contribution >= 0.6 is 0 Å². The summed E-state index contributed by atoms with van der Waals surface area (Å²) in [5, 5.41) is 3.09. The standard InChI is InChI=1S/C25H33FN2O2/c1-19(2)30-23-11-9-20(10-12-23)6-5-15-27-25(29)21-13-16-28(17-14-21)18-22-7-3-4-8-24(22)26/h3-4,7-12,19,21H,5-6,13-18H2,1-2H3,(H,27,29). The summed E-state index contributed by atoms with van der Waals surface area (Å²) in [5.74, 6) is 0.957. The minimum atomic E-state index is -0.153. The number of benzene rings is 2. The van der Waals surface area contributed by atoms with Crippen LogP contribution in [0.1, 0.15) is 44.2 Å². The molecule has 0 bridgehead atoms. The molecule has 5 heteroatoms. The van der Waals surface area contributed by atoms with E-state index in [4.69, 9.17) is 4.74 Å². The summed E-state index contributed by atoms with van der Waals surface area (Å²) in [5.41, 5.74) is 1.98. The molecular weight excluding hydrogens is 379 g/mol. The van der Waals surface area contributed by atoms with Crippen LogP contribution in [0.5, 0.6) is 5.75 Å². The number of halogens is 1. The predicted octanol–water partition coefficient (Wildman–Crippen LogP) is 4.57. The third-order valence-corrected chi connectivity index (χ3v) is 5.55. The molecule has 1 amide bonds. The first kappa shape index (κ1) is 22.3. The van der Waals surface area contributed by atoms with E-state index in [0.29, 0.717) is 13.1 Å². The molecule has 0 atom stereocenters. The smallest absolute Gasteiger partial charge is 0.223 e. The summed E-state index contributed by atoms with van der Waals surface area (Å²) in [4.78, 5) is 14.7. The van der Waals surface area contributed by atoms with Crippen molar-refractivity contribution in [1.82, 2.24) is 10.2 Å². The van der Waals surface area contributed by atoms with E-state index in [0.717, 1.165) is 50.1 Å². The molecule has 4 nitrogen and oxygen atoms in total. The molecule has 0 radical (unpaired) electrons. The van der Waals surface area contributed by atoms with Crippen LogP contribution in [0.25, 0.3) is 0 Å². The van der Waals surface area contributed by atoms with Gasteiger partial charge in [0, 0.05) is 24.6 Å². The Bertz CT molecular complexity index is 799. The van der Waals surface area contributed by atoms with Crippen LogP contribution in [-0.2, 0) is 17.8 Å². The first-order valence-electron chi connectivity index (χ1n) is 11.0. The van der Waals surface area contributed by atoms with Gasteiger partial charge in [-0.1, -0.05) is 30.3 Å². The highest BCUT2D eigenvalue weighted by atomic mass is 19.1. The van der Waals surface area contributed by atoms with Gasteiger partial charge in [0.15, 0.2) is 0 Å². The molecule has 3 rings (SSSR count). The Hall–Kier alpha value is -2.40. The number of nitrogens with one attached hydrogen (secondary N) is 1. The van der Waals surface area contributed by atoms with E-state index in [2.05, 4.69) is 22.3 Å². The van der Waals surface area contributed by atoms with E-state index in [9.17, 15) is 9.18 Å². The number of amides is 1. The molecular formula is C25H33FN2O2. The fourth-order valence-electron chi connectivity index (χ4n) is 3.88. The molecule has 0 aromatic heterocycles. The molecule has 2 aromatic carbocycles. The van der Waals surface area contributed by atoms with Crippen molar-refractivity contribution in [2.45, 2.75) is 52.2 Å². The Labute approximate surface area is 179 Å². The molecule has 30 heavy (non-hydrogen) atoms. The lowest BCUT2D eigenvalue weighted by atomic mass is 9.95. The second kappa shape index (κ2) is 11.1. The Morgan fingerprint density at radius 2 is 1.83 bits per heavy atom. The van der Waals surface area contributed by atoms with E-state index < -0.39 is 0 Å². The lowest BCUT2D eigenvalue weighted by Crippen LogP contribution is -2.40. The van der Waals surface area contributed by atoms with Crippen LogP contribution in [-0.4, -0.2) is 36.5 Å². The summed E-state index contributed by atoms with van der Waals surface area (Å²) in [7, 11) is 0. The van der Waals surface area contributed by atoms with E-state index in [1.54, 1.807) is 6.07 Å². The van der Waals surface area contributed by atoms with Crippen LogP contribution < -0.4 is 10.1 Å². The van der Waals surface area contributed by atoms with Crippen molar-refractivity contribution >= 4 is 5.91 Å². The third-order valence-electron chi connectivity index (χ3n) is 5.55. The predicted molar refractivity (Wildman–Crippen MR) is 118 cm³/mol. The zero-order valence-electron chi connectivity index (χ0n) is 18.1. The number of ether oxygens (including phenoxy) is 1. The maximum absolute atomic E-state index is 13.8. The van der Waals surface area contributed by atoms with Crippen LogP contribution in [0.4, 0.5) is 4.39 Å². The van der Waals surface area contributed by atoms with Gasteiger partial charge in [-0.15, -0.1) is 0 Å². The molecule has 0 unspecified atom stereocenters. The average molecular weight is 413 g/mol. The van der Waals surface area contributed by atoms with Gasteiger partial charge in [0.05, 0.1) is 6.10 Å². The van der Waals surface area contributed by atoms with Gasteiger partial charge in [-0.25, -0.2) is 4.39 Å². The highest BCUT2D eigenvalue weighted by Gasteiger charge is 2.25. The molecule has 1 saturated heterocycles. The number of rotatable bonds is 9. The van der Waals surface area contributed by atoms with Crippen molar-refractivity contribution in [2.24, 2.45) is 5.92 Å². The maximum atomic E-state index is 13.8. The van der Waals surface area contributed by atoms with Crippen molar-refractivity contribution in [2.75, 3.05) is 19.6 Å². The number of hydrogen-bond donors (Lipinski definition) is 1. The SMILES string of the molecule is CC(C)Oc1ccc(CCCNC(=O)C2CCN(Cc3ccccc3F)CC2)cc1. The van der Waals surface area contributed by atoms with Crippen molar-refractivity contribution in [3.8, 4) is 5.75 Å². The van der Waals surface area contributed by atoms with Crippen LogP contribution in [0.2, 0.25) is 0 Å². The van der Waals surface area contributed by atoms with Gasteiger partial charge in [0.25, 0.3) is 0 Å². The van der Waals surface area contributed by atoms with Gasteiger partial charge < -0.3 is 10.1 Å². The molecule has 0 aliphatic carbocycles. The van der Waals surface area contributed by atoms with Gasteiger partial charge >= 0.3 is 0 Å². The molecule has 1 aliphatic rings. The first-order chi connectivity index (χ1) is 14.5.